The fourth-order valence-electron chi connectivity index (χ4n) is 1.05. The van der Waals surface area contributed by atoms with E-state index in [0.29, 0.717) is 11.3 Å². The van der Waals surface area contributed by atoms with E-state index < -0.39 is 11.7 Å². The summed E-state index contributed by atoms with van der Waals surface area (Å²) >= 11 is 0. The number of hydrogen-bond donors (Lipinski definition) is 0. The Labute approximate surface area is 74.1 Å². The number of ether oxygens (including phenoxy) is 1. The summed E-state index contributed by atoms with van der Waals surface area (Å²) in [5.41, 5.74) is -0.164. The molecule has 0 spiro atoms. The van der Waals surface area contributed by atoms with Crippen LogP contribution in [0.4, 0.5) is 13.2 Å². The van der Waals surface area contributed by atoms with Gasteiger partial charge in [-0.3, -0.25) is 0 Å². The average molecular weight is 190 g/mol. The Hall–Kier alpha value is -1.19. The van der Waals surface area contributed by atoms with Crippen molar-refractivity contribution in [2.45, 2.75) is 13.1 Å². The first-order valence-corrected chi connectivity index (χ1v) is 3.67. The predicted molar refractivity (Wildman–Crippen MR) is 42.7 cm³/mol. The Kier molecular flexibility index (Phi) is 2.50. The first kappa shape index (κ1) is 9.89. The molecule has 0 aliphatic heterocycles. The third-order valence-electron chi connectivity index (χ3n) is 1.72. The zero-order valence-electron chi connectivity index (χ0n) is 7.27. The van der Waals surface area contributed by atoms with Gasteiger partial charge < -0.3 is 4.74 Å². The summed E-state index contributed by atoms with van der Waals surface area (Å²) in [4.78, 5) is 0. The van der Waals surface area contributed by atoms with Gasteiger partial charge in [0.25, 0.3) is 0 Å². The van der Waals surface area contributed by atoms with Crippen LogP contribution in [0.15, 0.2) is 18.2 Å². The van der Waals surface area contributed by atoms with E-state index >= 15 is 0 Å². The van der Waals surface area contributed by atoms with Gasteiger partial charge in [-0.25, -0.2) is 0 Å². The Balaban J connectivity index is 3.10. The molecule has 0 unspecified atom stereocenters. The van der Waals surface area contributed by atoms with Crippen molar-refractivity contribution in [1.82, 2.24) is 0 Å². The van der Waals surface area contributed by atoms with Crippen LogP contribution in [0.1, 0.15) is 11.1 Å². The second-order valence-electron chi connectivity index (χ2n) is 2.68. The maximum atomic E-state index is 12.2. The van der Waals surface area contributed by atoms with E-state index in [2.05, 4.69) is 0 Å². The number of alkyl halides is 3. The molecule has 72 valence electrons. The van der Waals surface area contributed by atoms with Gasteiger partial charge >= 0.3 is 6.18 Å². The molecule has 1 aromatic rings. The lowest BCUT2D eigenvalue weighted by Crippen LogP contribution is -2.05. The average Bonchev–Trinajstić information content (AvgIpc) is 2.02. The first-order valence-electron chi connectivity index (χ1n) is 3.67. The minimum absolute atomic E-state index is 0.466. The maximum Gasteiger partial charge on any atom is 0.416 e. The molecule has 0 fully saturated rings. The molecule has 0 radical (unpaired) electrons. The van der Waals surface area contributed by atoms with Crippen molar-refractivity contribution in [2.75, 3.05) is 7.11 Å². The minimum Gasteiger partial charge on any atom is -0.496 e. The number of aryl methyl sites for hydroxylation is 1. The van der Waals surface area contributed by atoms with Crippen molar-refractivity contribution in [3.63, 3.8) is 0 Å². The lowest BCUT2D eigenvalue weighted by molar-refractivity contribution is -0.137. The summed E-state index contributed by atoms with van der Waals surface area (Å²) in [7, 11) is 1.43. The van der Waals surface area contributed by atoms with E-state index in [1.165, 1.54) is 13.2 Å². The molecule has 0 saturated heterocycles. The lowest BCUT2D eigenvalue weighted by atomic mass is 10.1. The van der Waals surface area contributed by atoms with Gasteiger partial charge in [0.2, 0.25) is 0 Å². The van der Waals surface area contributed by atoms with Crippen LogP contribution in [0.3, 0.4) is 0 Å². The molecule has 1 rings (SSSR count). The molecular weight excluding hydrogens is 181 g/mol. The Morgan fingerprint density at radius 3 is 2.23 bits per heavy atom. The molecule has 1 nitrogen and oxygen atoms in total. The molecule has 4 heteroatoms. The van der Waals surface area contributed by atoms with Crippen LogP contribution in [0.2, 0.25) is 0 Å². The third-order valence-corrected chi connectivity index (χ3v) is 1.72. The molecule has 0 saturated carbocycles. The summed E-state index contributed by atoms with van der Waals surface area (Å²) < 4.78 is 41.3. The predicted octanol–water partition coefficient (Wildman–Crippen LogP) is 3.02. The highest BCUT2D eigenvalue weighted by atomic mass is 19.4. The molecule has 1 aromatic carbocycles. The van der Waals surface area contributed by atoms with Crippen molar-refractivity contribution >= 4 is 0 Å². The summed E-state index contributed by atoms with van der Waals surface area (Å²) in [6.45, 7) is 1.58. The molecule has 0 aliphatic rings. The van der Waals surface area contributed by atoms with E-state index in [9.17, 15) is 13.2 Å². The molecule has 0 amide bonds. The molecule has 0 heterocycles. The van der Waals surface area contributed by atoms with Crippen LogP contribution in [0.5, 0.6) is 5.75 Å². The molecule has 0 N–H and O–H groups in total. The van der Waals surface area contributed by atoms with Gasteiger partial charge in [0, 0.05) is 0 Å². The quantitative estimate of drug-likeness (QED) is 0.661. The Morgan fingerprint density at radius 1 is 1.23 bits per heavy atom. The van der Waals surface area contributed by atoms with E-state index in [1.54, 1.807) is 6.92 Å². The lowest BCUT2D eigenvalue weighted by Gasteiger charge is -2.09. The molecule has 13 heavy (non-hydrogen) atoms. The molecular formula is C9H9F3O. The largest absolute Gasteiger partial charge is 0.496 e. The summed E-state index contributed by atoms with van der Waals surface area (Å²) in [6, 6.07) is 3.39. The summed E-state index contributed by atoms with van der Waals surface area (Å²) in [5, 5.41) is 0. The fraction of sp³-hybridized carbons (Fsp3) is 0.333. The van der Waals surface area contributed by atoms with Crippen molar-refractivity contribution < 1.29 is 17.9 Å². The number of halogens is 3. The van der Waals surface area contributed by atoms with E-state index in [4.69, 9.17) is 4.74 Å². The normalized spacial score (nSPS) is 11.5. The topological polar surface area (TPSA) is 9.23 Å². The molecule has 0 aliphatic carbocycles. The second-order valence-corrected chi connectivity index (χ2v) is 2.68. The highest BCUT2D eigenvalue weighted by molar-refractivity contribution is 5.37. The number of methoxy groups -OCH3 is 1. The zero-order valence-corrected chi connectivity index (χ0v) is 7.27. The van der Waals surface area contributed by atoms with Crippen LogP contribution in [0, 0.1) is 6.92 Å². The van der Waals surface area contributed by atoms with Crippen molar-refractivity contribution in [3.05, 3.63) is 29.3 Å². The summed E-state index contributed by atoms with van der Waals surface area (Å²) in [6.07, 6.45) is -4.28. The summed E-state index contributed by atoms with van der Waals surface area (Å²) in [5.74, 6) is 0.466. The Bertz CT molecular complexity index is 304. The smallest absolute Gasteiger partial charge is 0.416 e. The monoisotopic (exact) mass is 190 g/mol. The molecule has 0 bridgehead atoms. The van der Waals surface area contributed by atoms with Gasteiger partial charge in [0.05, 0.1) is 12.7 Å². The second kappa shape index (κ2) is 3.28. The number of rotatable bonds is 1. The standard InChI is InChI=1S/C9H9F3O/c1-6-5-7(9(10,11)12)3-4-8(6)13-2/h3-5H,1-2H3. The van der Waals surface area contributed by atoms with Crippen molar-refractivity contribution in [3.8, 4) is 5.75 Å². The maximum absolute atomic E-state index is 12.2. The van der Waals surface area contributed by atoms with Crippen LogP contribution in [-0.2, 0) is 6.18 Å². The van der Waals surface area contributed by atoms with Crippen LogP contribution in [-0.4, -0.2) is 7.11 Å². The fourth-order valence-corrected chi connectivity index (χ4v) is 1.05. The first-order chi connectivity index (χ1) is 5.95. The number of hydrogen-bond acceptors (Lipinski definition) is 1. The van der Waals surface area contributed by atoms with E-state index in [0.717, 1.165) is 12.1 Å². The molecule has 0 atom stereocenters. The highest BCUT2D eigenvalue weighted by Gasteiger charge is 2.30. The molecule has 0 aromatic heterocycles. The van der Waals surface area contributed by atoms with Gasteiger partial charge in [-0.2, -0.15) is 13.2 Å². The van der Waals surface area contributed by atoms with E-state index in [-0.39, 0.29) is 0 Å². The van der Waals surface area contributed by atoms with Gasteiger partial charge in [-0.15, -0.1) is 0 Å². The SMILES string of the molecule is COc1ccc(C(F)(F)F)cc1C. The van der Waals surface area contributed by atoms with Crippen molar-refractivity contribution in [2.24, 2.45) is 0 Å². The third kappa shape index (κ3) is 2.14. The van der Waals surface area contributed by atoms with Crippen LogP contribution < -0.4 is 4.74 Å². The highest BCUT2D eigenvalue weighted by Crippen LogP contribution is 2.31. The van der Waals surface area contributed by atoms with Gasteiger partial charge in [-0.1, -0.05) is 0 Å². The van der Waals surface area contributed by atoms with Gasteiger partial charge in [-0.05, 0) is 30.7 Å². The van der Waals surface area contributed by atoms with Gasteiger partial charge in [0.15, 0.2) is 0 Å². The van der Waals surface area contributed by atoms with Gasteiger partial charge in [0.1, 0.15) is 5.75 Å². The van der Waals surface area contributed by atoms with Crippen molar-refractivity contribution in [1.29, 1.82) is 0 Å². The number of benzene rings is 1. The van der Waals surface area contributed by atoms with E-state index in [1.807, 2.05) is 0 Å². The van der Waals surface area contributed by atoms with Crippen LogP contribution >= 0.6 is 0 Å². The minimum atomic E-state index is -4.28. The zero-order chi connectivity index (χ0) is 10.1. The Morgan fingerprint density at radius 2 is 1.85 bits per heavy atom. The van der Waals surface area contributed by atoms with Crippen LogP contribution in [0.25, 0.3) is 0 Å².